The van der Waals surface area contributed by atoms with E-state index >= 15 is 0 Å². The molecule has 4 nitrogen and oxygen atoms in total. The summed E-state index contributed by atoms with van der Waals surface area (Å²) in [6.07, 6.45) is 0. The maximum atomic E-state index is 13.4. The number of aliphatic hydroxyl groups excluding tert-OH is 1. The minimum Gasteiger partial charge on any atom is -0.390 e. The van der Waals surface area contributed by atoms with Gasteiger partial charge >= 0.3 is 0 Å². The van der Waals surface area contributed by atoms with Crippen LogP contribution in [0.1, 0.15) is 0 Å². The maximum Gasteiger partial charge on any atom is 0.283 e. The Morgan fingerprint density at radius 2 is 2.00 bits per heavy atom. The fourth-order valence-electron chi connectivity index (χ4n) is 1.03. The zero-order valence-electron chi connectivity index (χ0n) is 8.83. The van der Waals surface area contributed by atoms with Crippen LogP contribution in [0.25, 0.3) is 0 Å². The van der Waals surface area contributed by atoms with E-state index in [1.165, 1.54) is 10.8 Å². The third kappa shape index (κ3) is 3.58. The molecule has 0 aliphatic rings. The first-order chi connectivity index (χ1) is 8.19. The molecule has 1 rings (SSSR count). The van der Waals surface area contributed by atoms with Crippen molar-refractivity contribution in [3.05, 3.63) is 29.0 Å². The lowest BCUT2D eigenvalue weighted by molar-refractivity contribution is -0.0437. The van der Waals surface area contributed by atoms with Crippen LogP contribution in [-0.4, -0.2) is 32.6 Å². The summed E-state index contributed by atoms with van der Waals surface area (Å²) in [5.41, 5.74) is 0. The van der Waals surface area contributed by atoms with Crippen molar-refractivity contribution >= 4 is 21.6 Å². The van der Waals surface area contributed by atoms with E-state index in [1.807, 2.05) is 0 Å². The molecule has 9 heteroatoms. The molecule has 0 aromatic heterocycles. The van der Waals surface area contributed by atoms with Crippen molar-refractivity contribution in [2.45, 2.75) is 10.8 Å². The lowest BCUT2D eigenvalue weighted by Gasteiger charge is -2.14. The third-order valence-corrected chi connectivity index (χ3v) is 3.67. The average molecular weight is 304 g/mol. The maximum absolute atomic E-state index is 13.4. The van der Waals surface area contributed by atoms with Gasteiger partial charge in [0.05, 0.1) is 11.6 Å². The zero-order valence-corrected chi connectivity index (χ0v) is 10.4. The van der Waals surface area contributed by atoms with Crippen LogP contribution < -0.4 is 4.72 Å². The summed E-state index contributed by atoms with van der Waals surface area (Å²) in [5.74, 6) is -4.85. The second-order valence-corrected chi connectivity index (χ2v) is 5.53. The van der Waals surface area contributed by atoms with Gasteiger partial charge in [-0.3, -0.25) is 0 Å². The monoisotopic (exact) mass is 303 g/mol. The van der Waals surface area contributed by atoms with Gasteiger partial charge in [-0.15, -0.1) is 0 Å². The van der Waals surface area contributed by atoms with Crippen LogP contribution in [0.2, 0.25) is 5.02 Å². The summed E-state index contributed by atoms with van der Waals surface area (Å²) in [6.45, 7) is -2.86. The van der Waals surface area contributed by atoms with Gasteiger partial charge in [0.25, 0.3) is 5.92 Å². The number of alkyl halides is 2. The largest absolute Gasteiger partial charge is 0.390 e. The highest BCUT2D eigenvalue weighted by Crippen LogP contribution is 2.22. The van der Waals surface area contributed by atoms with Crippen LogP contribution in [0, 0.1) is 5.82 Å². The Morgan fingerprint density at radius 3 is 2.56 bits per heavy atom. The Balaban J connectivity index is 2.98. The molecule has 1 aromatic carbocycles. The predicted molar refractivity (Wildman–Crippen MR) is 58.6 cm³/mol. The first kappa shape index (κ1) is 15.2. The highest BCUT2D eigenvalue weighted by molar-refractivity contribution is 7.89. The van der Waals surface area contributed by atoms with Crippen molar-refractivity contribution in [1.82, 2.24) is 4.72 Å². The van der Waals surface area contributed by atoms with Crippen LogP contribution in [0.4, 0.5) is 13.2 Å². The Bertz CT molecular complexity index is 536. The molecule has 0 unspecified atom stereocenters. The molecule has 0 bridgehead atoms. The molecule has 0 spiro atoms. The van der Waals surface area contributed by atoms with Gasteiger partial charge in [-0.25, -0.2) is 26.3 Å². The van der Waals surface area contributed by atoms with E-state index in [-0.39, 0.29) is 0 Å². The summed E-state index contributed by atoms with van der Waals surface area (Å²) in [5, 5.41) is 7.84. The van der Waals surface area contributed by atoms with Crippen molar-refractivity contribution in [3.63, 3.8) is 0 Å². The SMILES string of the molecule is O=S(=O)(NCC(F)(F)CO)c1cccc(Cl)c1F. The number of hydrogen-bond donors (Lipinski definition) is 2. The van der Waals surface area contributed by atoms with E-state index in [1.54, 1.807) is 0 Å². The fourth-order valence-corrected chi connectivity index (χ4v) is 2.42. The zero-order chi connectivity index (χ0) is 14.0. The molecule has 0 aliphatic heterocycles. The topological polar surface area (TPSA) is 66.4 Å². The van der Waals surface area contributed by atoms with Crippen molar-refractivity contribution in [1.29, 1.82) is 0 Å². The molecule has 0 fully saturated rings. The lowest BCUT2D eigenvalue weighted by Crippen LogP contribution is -2.39. The lowest BCUT2D eigenvalue weighted by atomic mass is 10.3. The first-order valence-corrected chi connectivity index (χ1v) is 6.48. The molecular formula is C9H9ClF3NO3S. The van der Waals surface area contributed by atoms with Gasteiger partial charge < -0.3 is 5.11 Å². The van der Waals surface area contributed by atoms with Gasteiger partial charge in [0.15, 0.2) is 5.82 Å². The van der Waals surface area contributed by atoms with Gasteiger partial charge in [-0.1, -0.05) is 17.7 Å². The molecule has 2 N–H and O–H groups in total. The number of nitrogens with one attached hydrogen (secondary N) is 1. The van der Waals surface area contributed by atoms with Crippen molar-refractivity contribution in [2.24, 2.45) is 0 Å². The van der Waals surface area contributed by atoms with E-state index in [4.69, 9.17) is 16.7 Å². The van der Waals surface area contributed by atoms with Crippen LogP contribution in [0.3, 0.4) is 0 Å². The Hall–Kier alpha value is -0.830. The van der Waals surface area contributed by atoms with E-state index < -0.39 is 44.8 Å². The highest BCUT2D eigenvalue weighted by atomic mass is 35.5. The van der Waals surface area contributed by atoms with Crippen molar-refractivity contribution in [3.8, 4) is 0 Å². The molecule has 0 heterocycles. The quantitative estimate of drug-likeness (QED) is 0.864. The van der Waals surface area contributed by atoms with Crippen LogP contribution in [-0.2, 0) is 10.0 Å². The van der Waals surface area contributed by atoms with Crippen LogP contribution >= 0.6 is 11.6 Å². The summed E-state index contributed by atoms with van der Waals surface area (Å²) >= 11 is 5.38. The first-order valence-electron chi connectivity index (χ1n) is 4.62. The molecule has 0 saturated heterocycles. The van der Waals surface area contributed by atoms with Gasteiger partial charge in [0.1, 0.15) is 11.5 Å². The standard InChI is InChI=1S/C9H9ClF3NO3S/c10-6-2-1-3-7(8(6)11)18(16,17)14-4-9(12,13)5-15/h1-3,14-15H,4-5H2. The third-order valence-electron chi connectivity index (χ3n) is 1.96. The molecular weight excluding hydrogens is 295 g/mol. The van der Waals surface area contributed by atoms with Crippen LogP contribution in [0.15, 0.2) is 23.1 Å². The molecule has 18 heavy (non-hydrogen) atoms. The van der Waals surface area contributed by atoms with E-state index in [0.717, 1.165) is 12.1 Å². The van der Waals surface area contributed by atoms with Gasteiger partial charge in [-0.2, -0.15) is 0 Å². The van der Waals surface area contributed by atoms with E-state index in [9.17, 15) is 21.6 Å². The predicted octanol–water partition coefficient (Wildman–Crippen LogP) is 1.39. The van der Waals surface area contributed by atoms with E-state index in [0.29, 0.717) is 0 Å². The van der Waals surface area contributed by atoms with Crippen LogP contribution in [0.5, 0.6) is 0 Å². The summed E-state index contributed by atoms with van der Waals surface area (Å²) in [4.78, 5) is -0.830. The molecule has 0 aliphatic carbocycles. The Kier molecular flexibility index (Phi) is 4.60. The van der Waals surface area contributed by atoms with Gasteiger partial charge in [0.2, 0.25) is 10.0 Å². The summed E-state index contributed by atoms with van der Waals surface area (Å²) < 4.78 is 63.4. The van der Waals surface area contributed by atoms with Gasteiger partial charge in [0, 0.05) is 0 Å². The number of halogens is 4. The number of rotatable bonds is 5. The van der Waals surface area contributed by atoms with E-state index in [2.05, 4.69) is 0 Å². The molecule has 102 valence electrons. The highest BCUT2D eigenvalue weighted by Gasteiger charge is 2.31. The number of sulfonamides is 1. The minimum atomic E-state index is -4.46. The Labute approximate surface area is 106 Å². The molecule has 0 atom stereocenters. The molecule has 1 aromatic rings. The second kappa shape index (κ2) is 5.43. The second-order valence-electron chi connectivity index (χ2n) is 3.39. The number of hydrogen-bond acceptors (Lipinski definition) is 3. The average Bonchev–Trinajstić information content (AvgIpc) is 2.30. The van der Waals surface area contributed by atoms with Gasteiger partial charge in [-0.05, 0) is 12.1 Å². The molecule has 0 amide bonds. The smallest absolute Gasteiger partial charge is 0.283 e. The van der Waals surface area contributed by atoms with Crippen molar-refractivity contribution in [2.75, 3.05) is 13.2 Å². The number of aliphatic hydroxyl groups is 1. The molecule has 0 radical (unpaired) electrons. The number of benzene rings is 1. The fraction of sp³-hybridized carbons (Fsp3) is 0.333. The van der Waals surface area contributed by atoms with Crippen molar-refractivity contribution < 1.29 is 26.7 Å². The molecule has 0 saturated carbocycles. The summed E-state index contributed by atoms with van der Waals surface area (Å²) in [7, 11) is -4.46. The summed E-state index contributed by atoms with van der Waals surface area (Å²) in [6, 6.07) is 3.18. The minimum absolute atomic E-state index is 0.438. The normalized spacial score (nSPS) is 12.7. The Morgan fingerprint density at radius 1 is 1.39 bits per heavy atom.